The first-order valence-corrected chi connectivity index (χ1v) is 5.16. The highest BCUT2D eigenvalue weighted by atomic mass is 16.4. The number of aliphatic carboxylic acids is 1. The van der Waals surface area contributed by atoms with E-state index in [1.807, 2.05) is 0 Å². The fourth-order valence-corrected chi connectivity index (χ4v) is 1.43. The van der Waals surface area contributed by atoms with Gasteiger partial charge in [0.2, 0.25) is 11.8 Å². The van der Waals surface area contributed by atoms with Gasteiger partial charge in [0.25, 0.3) is 0 Å². The number of hydrogen-bond donors (Lipinski definition) is 2. The normalized spacial score (nSPS) is 17.0. The Labute approximate surface area is 93.6 Å². The quantitative estimate of drug-likeness (QED) is 0.624. The Morgan fingerprint density at radius 3 is 2.31 bits per heavy atom. The van der Waals surface area contributed by atoms with E-state index in [2.05, 4.69) is 5.32 Å². The zero-order chi connectivity index (χ0) is 12.3. The van der Waals surface area contributed by atoms with Gasteiger partial charge in [0.05, 0.1) is 0 Å². The van der Waals surface area contributed by atoms with E-state index < -0.39 is 11.5 Å². The van der Waals surface area contributed by atoms with Gasteiger partial charge in [-0.15, -0.1) is 0 Å². The zero-order valence-corrected chi connectivity index (χ0v) is 9.45. The molecule has 0 spiro atoms. The summed E-state index contributed by atoms with van der Waals surface area (Å²) in [6.45, 7) is 3.58. The van der Waals surface area contributed by atoms with E-state index in [-0.39, 0.29) is 37.7 Å². The third-order valence-electron chi connectivity index (χ3n) is 2.59. The van der Waals surface area contributed by atoms with E-state index in [0.29, 0.717) is 0 Å². The molecule has 90 valence electrons. The molecule has 1 saturated heterocycles. The Hall–Kier alpha value is -1.43. The maximum absolute atomic E-state index is 11.2. The van der Waals surface area contributed by atoms with Crippen molar-refractivity contribution < 1.29 is 19.5 Å². The van der Waals surface area contributed by atoms with Gasteiger partial charge in [0.15, 0.2) is 0 Å². The lowest BCUT2D eigenvalue weighted by Crippen LogP contribution is -2.49. The number of hydrogen-bond acceptors (Lipinski definition) is 4. The fraction of sp³-hybridized carbons (Fsp3) is 0.700. The molecule has 2 amide bonds. The number of carboxylic acids is 1. The van der Waals surface area contributed by atoms with Crippen molar-refractivity contribution in [3.63, 3.8) is 0 Å². The maximum atomic E-state index is 11.2. The number of rotatable bonds is 5. The first kappa shape index (κ1) is 12.6. The van der Waals surface area contributed by atoms with Gasteiger partial charge in [0.1, 0.15) is 5.54 Å². The van der Waals surface area contributed by atoms with E-state index in [1.165, 1.54) is 18.7 Å². The number of imide groups is 1. The van der Waals surface area contributed by atoms with Gasteiger partial charge in [-0.2, -0.15) is 0 Å². The monoisotopic (exact) mass is 228 g/mol. The average molecular weight is 228 g/mol. The first-order chi connectivity index (χ1) is 7.34. The molecule has 1 fully saturated rings. The standard InChI is InChI=1S/C10H16N2O4/c1-10(2,9(15)16)11-5-6-12-7(13)3-4-8(12)14/h11H,3-6H2,1-2H3,(H,15,16). The Morgan fingerprint density at radius 2 is 1.88 bits per heavy atom. The molecular weight excluding hydrogens is 212 g/mol. The van der Waals surface area contributed by atoms with Gasteiger partial charge in [-0.3, -0.25) is 19.3 Å². The molecule has 1 aliphatic rings. The summed E-state index contributed by atoms with van der Waals surface area (Å²) in [5, 5.41) is 11.6. The van der Waals surface area contributed by atoms with Gasteiger partial charge in [0, 0.05) is 25.9 Å². The van der Waals surface area contributed by atoms with Crippen LogP contribution < -0.4 is 5.32 Å². The number of carboxylic acid groups (broad SMARTS) is 1. The van der Waals surface area contributed by atoms with Gasteiger partial charge < -0.3 is 10.4 Å². The third kappa shape index (κ3) is 2.79. The molecule has 0 aromatic heterocycles. The van der Waals surface area contributed by atoms with Gasteiger partial charge in [-0.25, -0.2) is 0 Å². The van der Waals surface area contributed by atoms with Crippen LogP contribution in [0.1, 0.15) is 26.7 Å². The van der Waals surface area contributed by atoms with Crippen LogP contribution in [-0.2, 0) is 14.4 Å². The molecule has 0 aromatic carbocycles. The lowest BCUT2D eigenvalue weighted by molar-refractivity contribution is -0.143. The topological polar surface area (TPSA) is 86.7 Å². The summed E-state index contributed by atoms with van der Waals surface area (Å²) in [5.41, 5.74) is -1.05. The second kappa shape index (κ2) is 4.61. The summed E-state index contributed by atoms with van der Waals surface area (Å²) in [4.78, 5) is 34.4. The van der Waals surface area contributed by atoms with Gasteiger partial charge >= 0.3 is 5.97 Å². The van der Waals surface area contributed by atoms with Crippen LogP contribution in [0.25, 0.3) is 0 Å². The smallest absolute Gasteiger partial charge is 0.323 e. The molecule has 0 bridgehead atoms. The molecule has 6 heteroatoms. The Bertz CT molecular complexity index is 309. The van der Waals surface area contributed by atoms with Gasteiger partial charge in [-0.1, -0.05) is 0 Å². The minimum atomic E-state index is -1.05. The summed E-state index contributed by atoms with van der Waals surface area (Å²) >= 11 is 0. The molecule has 0 aromatic rings. The summed E-state index contributed by atoms with van der Waals surface area (Å²) < 4.78 is 0. The number of nitrogens with one attached hydrogen (secondary N) is 1. The van der Waals surface area contributed by atoms with E-state index in [1.54, 1.807) is 0 Å². The van der Waals surface area contributed by atoms with E-state index in [4.69, 9.17) is 5.11 Å². The van der Waals surface area contributed by atoms with Crippen LogP contribution in [0.2, 0.25) is 0 Å². The van der Waals surface area contributed by atoms with Crippen molar-refractivity contribution in [2.45, 2.75) is 32.2 Å². The second-order valence-corrected chi connectivity index (χ2v) is 4.30. The summed E-state index contributed by atoms with van der Waals surface area (Å²) in [5.74, 6) is -1.33. The molecule has 1 heterocycles. The van der Waals surface area contributed by atoms with Crippen LogP contribution in [0.5, 0.6) is 0 Å². The largest absolute Gasteiger partial charge is 0.480 e. The van der Waals surface area contributed by atoms with E-state index >= 15 is 0 Å². The molecule has 1 rings (SSSR count). The Morgan fingerprint density at radius 1 is 1.38 bits per heavy atom. The summed E-state index contributed by atoms with van der Waals surface area (Å²) in [7, 11) is 0. The summed E-state index contributed by atoms with van der Waals surface area (Å²) in [6, 6.07) is 0. The molecule has 0 unspecified atom stereocenters. The predicted molar refractivity (Wildman–Crippen MR) is 55.7 cm³/mol. The molecule has 0 radical (unpaired) electrons. The van der Waals surface area contributed by atoms with Crippen LogP contribution in [0.4, 0.5) is 0 Å². The summed E-state index contributed by atoms with van der Waals surface area (Å²) in [6.07, 6.45) is 0.530. The molecule has 0 aliphatic carbocycles. The molecule has 2 N–H and O–H groups in total. The first-order valence-electron chi connectivity index (χ1n) is 5.16. The third-order valence-corrected chi connectivity index (χ3v) is 2.59. The van der Waals surface area contributed by atoms with Crippen molar-refractivity contribution in [3.8, 4) is 0 Å². The number of amides is 2. The van der Waals surface area contributed by atoms with Crippen molar-refractivity contribution in [1.29, 1.82) is 0 Å². The lowest BCUT2D eigenvalue weighted by Gasteiger charge is -2.22. The minimum Gasteiger partial charge on any atom is -0.480 e. The van der Waals surface area contributed by atoms with Crippen LogP contribution in [-0.4, -0.2) is 46.4 Å². The molecule has 6 nitrogen and oxygen atoms in total. The molecule has 1 aliphatic heterocycles. The second-order valence-electron chi connectivity index (χ2n) is 4.30. The highest BCUT2D eigenvalue weighted by Crippen LogP contribution is 2.10. The highest BCUT2D eigenvalue weighted by Gasteiger charge is 2.30. The zero-order valence-electron chi connectivity index (χ0n) is 9.45. The SMILES string of the molecule is CC(C)(NCCN1C(=O)CCC1=O)C(=O)O. The number of carbonyl (C=O) groups excluding carboxylic acids is 2. The van der Waals surface area contributed by atoms with Crippen molar-refractivity contribution in [2.24, 2.45) is 0 Å². The van der Waals surface area contributed by atoms with Crippen molar-refractivity contribution in [1.82, 2.24) is 10.2 Å². The maximum Gasteiger partial charge on any atom is 0.323 e. The van der Waals surface area contributed by atoms with Crippen LogP contribution >= 0.6 is 0 Å². The number of likely N-dealkylation sites (tertiary alicyclic amines) is 1. The lowest BCUT2D eigenvalue weighted by atomic mass is 10.1. The molecule has 0 saturated carbocycles. The van der Waals surface area contributed by atoms with E-state index in [9.17, 15) is 14.4 Å². The van der Waals surface area contributed by atoms with Crippen LogP contribution in [0.15, 0.2) is 0 Å². The predicted octanol–water partition coefficient (Wildman–Crippen LogP) is -0.412. The van der Waals surface area contributed by atoms with Crippen molar-refractivity contribution >= 4 is 17.8 Å². The van der Waals surface area contributed by atoms with Gasteiger partial charge in [-0.05, 0) is 13.8 Å². The van der Waals surface area contributed by atoms with Crippen molar-refractivity contribution in [3.05, 3.63) is 0 Å². The molecule has 0 atom stereocenters. The number of carbonyl (C=O) groups is 3. The van der Waals surface area contributed by atoms with E-state index in [0.717, 1.165) is 0 Å². The fourth-order valence-electron chi connectivity index (χ4n) is 1.43. The molecular formula is C10H16N2O4. The number of nitrogens with zero attached hydrogens (tertiary/aromatic N) is 1. The van der Waals surface area contributed by atoms with Crippen LogP contribution in [0.3, 0.4) is 0 Å². The van der Waals surface area contributed by atoms with Crippen LogP contribution in [0, 0.1) is 0 Å². The average Bonchev–Trinajstić information content (AvgIpc) is 2.48. The highest BCUT2D eigenvalue weighted by molar-refractivity contribution is 6.01. The molecule has 16 heavy (non-hydrogen) atoms. The van der Waals surface area contributed by atoms with Crippen molar-refractivity contribution in [2.75, 3.05) is 13.1 Å². The Kier molecular flexibility index (Phi) is 3.64. The Balaban J connectivity index is 2.38. The minimum absolute atomic E-state index is 0.181.